The van der Waals surface area contributed by atoms with Crippen LogP contribution in [0.5, 0.6) is 11.5 Å². The molecule has 0 unspecified atom stereocenters. The quantitative estimate of drug-likeness (QED) is 0.0751. The summed E-state index contributed by atoms with van der Waals surface area (Å²) in [5.41, 5.74) is 13.1. The van der Waals surface area contributed by atoms with Gasteiger partial charge in [-0.15, -0.1) is 0 Å². The predicted molar refractivity (Wildman–Crippen MR) is 153 cm³/mol. The third kappa shape index (κ3) is 12.2. The van der Waals surface area contributed by atoms with E-state index in [0.29, 0.717) is 35.5 Å². The van der Waals surface area contributed by atoms with Crippen molar-refractivity contribution < 1.29 is 46.5 Å². The molecule has 0 aliphatic rings. The lowest BCUT2D eigenvalue weighted by Crippen LogP contribution is -2.13. The number of hydrogen-bond donors (Lipinski definition) is 2. The maximum atomic E-state index is 12.4. The minimum atomic E-state index is -4.14. The highest BCUT2D eigenvalue weighted by atomic mass is 19.4. The van der Waals surface area contributed by atoms with E-state index in [9.17, 15) is 27.6 Å². The number of hydrogen-bond acceptors (Lipinski definition) is 9. The molecule has 0 aliphatic heterocycles. The fourth-order valence-corrected chi connectivity index (χ4v) is 3.66. The second-order valence-electron chi connectivity index (χ2n) is 9.28. The van der Waals surface area contributed by atoms with E-state index in [1.165, 1.54) is 42.5 Å². The van der Waals surface area contributed by atoms with E-state index in [1.54, 1.807) is 36.4 Å². The van der Waals surface area contributed by atoms with Gasteiger partial charge in [0.15, 0.2) is 0 Å². The summed E-state index contributed by atoms with van der Waals surface area (Å²) in [6.45, 7) is -0.0335. The van der Waals surface area contributed by atoms with Crippen LogP contribution >= 0.6 is 0 Å². The highest BCUT2D eigenvalue weighted by Gasteiger charge is 2.25. The number of halogens is 3. The van der Waals surface area contributed by atoms with Crippen LogP contribution in [0.3, 0.4) is 0 Å². The Balaban J connectivity index is 1.35. The van der Waals surface area contributed by atoms with Gasteiger partial charge in [-0.05, 0) is 85.5 Å². The normalized spacial score (nSPS) is 11.2. The fraction of sp³-hybridized carbons (Fsp3) is 0.258. The molecule has 0 fully saturated rings. The highest BCUT2D eigenvalue weighted by Crippen LogP contribution is 2.23. The number of anilines is 2. The van der Waals surface area contributed by atoms with E-state index in [2.05, 4.69) is 0 Å². The summed E-state index contributed by atoms with van der Waals surface area (Å²) >= 11 is 0. The molecule has 3 aromatic rings. The van der Waals surface area contributed by atoms with Crippen molar-refractivity contribution in [3.8, 4) is 11.5 Å². The first-order chi connectivity index (χ1) is 20.5. The molecule has 228 valence electrons. The van der Waals surface area contributed by atoms with Gasteiger partial charge in [-0.2, -0.15) is 13.2 Å². The maximum Gasteiger partial charge on any atom is 0.389 e. The van der Waals surface area contributed by atoms with Crippen molar-refractivity contribution in [2.75, 3.05) is 31.3 Å². The highest BCUT2D eigenvalue weighted by molar-refractivity contribution is 5.92. The topological polar surface area (TPSA) is 140 Å². The van der Waals surface area contributed by atoms with Gasteiger partial charge in [0.2, 0.25) is 0 Å². The Morgan fingerprint density at radius 2 is 1.33 bits per heavy atom. The van der Waals surface area contributed by atoms with Crippen molar-refractivity contribution in [2.24, 2.45) is 0 Å². The molecule has 12 heteroatoms. The van der Waals surface area contributed by atoms with Gasteiger partial charge in [-0.1, -0.05) is 12.1 Å². The lowest BCUT2D eigenvalue weighted by Gasteiger charge is -2.08. The third-order valence-corrected chi connectivity index (χ3v) is 5.74. The Hall–Kier alpha value is -5.00. The van der Waals surface area contributed by atoms with Gasteiger partial charge in [0, 0.05) is 23.9 Å². The van der Waals surface area contributed by atoms with Crippen LogP contribution in [0.1, 0.15) is 52.0 Å². The summed E-state index contributed by atoms with van der Waals surface area (Å²) in [5, 5.41) is 0. The number of nitrogens with two attached hydrogens (primary N) is 2. The molecule has 0 amide bonds. The minimum absolute atomic E-state index is 0.0608. The molecule has 0 spiro atoms. The van der Waals surface area contributed by atoms with Gasteiger partial charge < -0.3 is 30.4 Å². The molecule has 0 heterocycles. The minimum Gasteiger partial charge on any atom is -0.494 e. The van der Waals surface area contributed by atoms with Crippen molar-refractivity contribution in [3.63, 3.8) is 0 Å². The molecule has 43 heavy (non-hydrogen) atoms. The molecule has 3 aromatic carbocycles. The average Bonchev–Trinajstić information content (AvgIpc) is 2.96. The van der Waals surface area contributed by atoms with Crippen molar-refractivity contribution in [2.45, 2.75) is 31.9 Å². The number of esters is 3. The molecule has 0 bridgehead atoms. The van der Waals surface area contributed by atoms with E-state index in [-0.39, 0.29) is 43.1 Å². The standard InChI is InChI=1S/C31H31F3N2O7/c32-31(33,34)14-2-1-3-15-40-26-11-7-22(8-12-26)30(39)43-27-9-4-21(5-10-27)6-13-28(37)41-16-17-42-29(38)23-18-24(35)20-25(36)19-23/h4-13,18-20H,1-3,14-17,35-36H2/b13-6+. The Kier molecular flexibility index (Phi) is 12.0. The molecule has 0 saturated carbocycles. The lowest BCUT2D eigenvalue weighted by molar-refractivity contribution is -0.138. The van der Waals surface area contributed by atoms with Crippen LogP contribution in [-0.2, 0) is 14.3 Å². The largest absolute Gasteiger partial charge is 0.494 e. The molecule has 0 atom stereocenters. The van der Waals surface area contributed by atoms with Gasteiger partial charge in [-0.3, -0.25) is 0 Å². The second kappa shape index (κ2) is 15.9. The summed E-state index contributed by atoms with van der Waals surface area (Å²) in [4.78, 5) is 36.4. The third-order valence-electron chi connectivity index (χ3n) is 5.74. The first-order valence-electron chi connectivity index (χ1n) is 13.3. The van der Waals surface area contributed by atoms with Crippen LogP contribution in [0.15, 0.2) is 72.8 Å². The number of carbonyl (C=O) groups is 3. The van der Waals surface area contributed by atoms with Crippen LogP contribution in [0.25, 0.3) is 6.08 Å². The van der Waals surface area contributed by atoms with Crippen LogP contribution in [0.2, 0.25) is 0 Å². The number of benzene rings is 3. The Morgan fingerprint density at radius 3 is 1.98 bits per heavy atom. The van der Waals surface area contributed by atoms with Crippen molar-refractivity contribution in [1.29, 1.82) is 0 Å². The SMILES string of the molecule is Nc1cc(N)cc(C(=O)OCCOC(=O)/C=C/c2ccc(OC(=O)c3ccc(OCCCCCC(F)(F)F)cc3)cc2)c1. The predicted octanol–water partition coefficient (Wildman–Crippen LogP) is 5.99. The number of unbranched alkanes of at least 4 members (excludes halogenated alkanes) is 2. The number of carbonyl (C=O) groups excluding carboxylic acids is 3. The zero-order valence-electron chi connectivity index (χ0n) is 23.1. The van der Waals surface area contributed by atoms with Gasteiger partial charge in [0.1, 0.15) is 24.7 Å². The summed E-state index contributed by atoms with van der Waals surface area (Å²) < 4.78 is 57.4. The van der Waals surface area contributed by atoms with E-state index in [0.717, 1.165) is 0 Å². The van der Waals surface area contributed by atoms with Crippen molar-refractivity contribution >= 4 is 35.4 Å². The van der Waals surface area contributed by atoms with Gasteiger partial charge >= 0.3 is 24.1 Å². The first-order valence-corrected chi connectivity index (χ1v) is 13.3. The smallest absolute Gasteiger partial charge is 0.389 e. The van der Waals surface area contributed by atoms with Crippen LogP contribution in [0, 0.1) is 0 Å². The Bertz CT molecular complexity index is 1390. The molecule has 4 N–H and O–H groups in total. The summed E-state index contributed by atoms with van der Waals surface area (Å²) in [6.07, 6.45) is -1.28. The zero-order chi connectivity index (χ0) is 31.2. The van der Waals surface area contributed by atoms with Crippen molar-refractivity contribution in [3.05, 3.63) is 89.5 Å². The number of nitrogen functional groups attached to an aromatic ring is 2. The van der Waals surface area contributed by atoms with Crippen molar-refractivity contribution in [1.82, 2.24) is 0 Å². The molecule has 0 saturated heterocycles. The Morgan fingerprint density at radius 1 is 0.698 bits per heavy atom. The molecule has 0 radical (unpaired) electrons. The molecular formula is C31H31F3N2O7. The van der Waals surface area contributed by atoms with E-state index < -0.39 is 30.5 Å². The number of alkyl halides is 3. The fourth-order valence-electron chi connectivity index (χ4n) is 3.66. The zero-order valence-corrected chi connectivity index (χ0v) is 23.1. The molecule has 0 aliphatic carbocycles. The van der Waals surface area contributed by atoms with E-state index in [1.807, 2.05) is 0 Å². The number of ether oxygens (including phenoxy) is 4. The lowest BCUT2D eigenvalue weighted by atomic mass is 10.2. The Labute approximate surface area is 246 Å². The number of rotatable bonds is 14. The molecular weight excluding hydrogens is 569 g/mol. The molecule has 0 aromatic heterocycles. The average molecular weight is 601 g/mol. The summed E-state index contributed by atoms with van der Waals surface area (Å²) in [5.74, 6) is -1.11. The monoisotopic (exact) mass is 600 g/mol. The summed E-state index contributed by atoms with van der Waals surface area (Å²) in [7, 11) is 0. The van der Waals surface area contributed by atoms with Crippen LogP contribution in [0.4, 0.5) is 24.5 Å². The molecule has 9 nitrogen and oxygen atoms in total. The first kappa shape index (κ1) is 32.5. The van der Waals surface area contributed by atoms with E-state index >= 15 is 0 Å². The van der Waals surface area contributed by atoms with Crippen LogP contribution in [-0.4, -0.2) is 43.9 Å². The van der Waals surface area contributed by atoms with E-state index in [4.69, 9.17) is 30.4 Å². The van der Waals surface area contributed by atoms with Gasteiger partial charge in [0.05, 0.1) is 17.7 Å². The summed E-state index contributed by atoms with van der Waals surface area (Å²) in [6, 6.07) is 17.0. The second-order valence-corrected chi connectivity index (χ2v) is 9.28. The van der Waals surface area contributed by atoms with Crippen LogP contribution < -0.4 is 20.9 Å². The maximum absolute atomic E-state index is 12.4. The van der Waals surface area contributed by atoms with Gasteiger partial charge in [-0.25, -0.2) is 14.4 Å². The molecule has 3 rings (SSSR count). The van der Waals surface area contributed by atoms with Gasteiger partial charge in [0.25, 0.3) is 0 Å².